The van der Waals surface area contributed by atoms with Crippen molar-refractivity contribution in [3.63, 3.8) is 0 Å². The van der Waals surface area contributed by atoms with Crippen LogP contribution in [-0.2, 0) is 10.0 Å². The van der Waals surface area contributed by atoms with E-state index in [-0.39, 0.29) is 4.90 Å². The Bertz CT molecular complexity index is 1040. The van der Waals surface area contributed by atoms with E-state index in [1.165, 1.54) is 18.2 Å². The minimum absolute atomic E-state index is 0.0143. The van der Waals surface area contributed by atoms with E-state index in [9.17, 15) is 13.2 Å². The molecule has 0 spiro atoms. The van der Waals surface area contributed by atoms with Crippen LogP contribution in [0.1, 0.15) is 19.8 Å². The quantitative estimate of drug-likeness (QED) is 0.629. The topological polar surface area (TPSA) is 101 Å². The van der Waals surface area contributed by atoms with E-state index in [0.29, 0.717) is 29.1 Å². The molecule has 2 aromatic carbocycles. The molecule has 1 aromatic heterocycles. The highest BCUT2D eigenvalue weighted by atomic mass is 32.2. The number of sulfonamides is 1. The molecule has 0 saturated heterocycles. The van der Waals surface area contributed by atoms with Gasteiger partial charge in [0.25, 0.3) is 10.0 Å². The van der Waals surface area contributed by atoms with Gasteiger partial charge in [-0.25, -0.2) is 13.2 Å². The third-order valence-corrected chi connectivity index (χ3v) is 4.95. The van der Waals surface area contributed by atoms with Gasteiger partial charge in [0, 0.05) is 0 Å². The fourth-order valence-corrected chi connectivity index (χ4v) is 3.40. The van der Waals surface area contributed by atoms with Crippen molar-refractivity contribution in [1.82, 2.24) is 4.98 Å². The van der Waals surface area contributed by atoms with Crippen LogP contribution in [0.25, 0.3) is 11.1 Å². The summed E-state index contributed by atoms with van der Waals surface area (Å²) in [4.78, 5) is 13.7. The van der Waals surface area contributed by atoms with Gasteiger partial charge in [-0.15, -0.1) is 0 Å². The van der Waals surface area contributed by atoms with Gasteiger partial charge in [0.05, 0.1) is 22.7 Å². The van der Waals surface area contributed by atoms with Gasteiger partial charge in [-0.3, -0.25) is 9.71 Å². The first kappa shape index (κ1) is 17.1. The summed E-state index contributed by atoms with van der Waals surface area (Å²) in [5.41, 5.74) is 0.979. The second kappa shape index (κ2) is 7.02. The van der Waals surface area contributed by atoms with E-state index in [1.807, 2.05) is 6.92 Å². The van der Waals surface area contributed by atoms with Crippen LogP contribution in [0.5, 0.6) is 5.75 Å². The molecule has 2 N–H and O–H groups in total. The van der Waals surface area contributed by atoms with Crippen LogP contribution in [0.15, 0.2) is 56.6 Å². The number of fused-ring (bicyclic) bond motifs is 1. The maximum Gasteiger partial charge on any atom is 0.417 e. The molecule has 132 valence electrons. The van der Waals surface area contributed by atoms with Crippen molar-refractivity contribution in [3.05, 3.63) is 53.0 Å². The number of ether oxygens (including phenoxy) is 1. The largest absolute Gasteiger partial charge is 0.491 e. The highest BCUT2D eigenvalue weighted by Gasteiger charge is 2.18. The molecule has 0 aliphatic rings. The van der Waals surface area contributed by atoms with E-state index < -0.39 is 15.8 Å². The van der Waals surface area contributed by atoms with Gasteiger partial charge in [0.2, 0.25) is 0 Å². The van der Waals surface area contributed by atoms with Crippen molar-refractivity contribution < 1.29 is 17.6 Å². The molecule has 0 aliphatic heterocycles. The summed E-state index contributed by atoms with van der Waals surface area (Å²) in [6.45, 7) is 2.56. The average Bonchev–Trinajstić information content (AvgIpc) is 2.95. The second-order valence-electron chi connectivity index (χ2n) is 5.48. The number of para-hydroxylation sites is 2. The molecule has 0 radical (unpaired) electrons. The number of hydrogen-bond acceptors (Lipinski definition) is 5. The third kappa shape index (κ3) is 3.85. The van der Waals surface area contributed by atoms with Crippen LogP contribution in [0.2, 0.25) is 0 Å². The van der Waals surface area contributed by atoms with E-state index in [0.717, 1.165) is 12.8 Å². The Balaban J connectivity index is 1.89. The number of unbranched alkanes of at least 4 members (excludes halogenated alkanes) is 1. The molecular formula is C17H18N2O5S. The Morgan fingerprint density at radius 3 is 2.80 bits per heavy atom. The maximum absolute atomic E-state index is 12.6. The van der Waals surface area contributed by atoms with Gasteiger partial charge in [-0.05, 0) is 36.8 Å². The molecule has 0 fully saturated rings. The fourth-order valence-electron chi connectivity index (χ4n) is 2.31. The Labute approximate surface area is 144 Å². The highest BCUT2D eigenvalue weighted by Crippen LogP contribution is 2.27. The van der Waals surface area contributed by atoms with Gasteiger partial charge in [-0.1, -0.05) is 25.5 Å². The van der Waals surface area contributed by atoms with Crippen LogP contribution in [0, 0.1) is 0 Å². The molecule has 0 aliphatic carbocycles. The van der Waals surface area contributed by atoms with Crippen molar-refractivity contribution in [2.45, 2.75) is 24.7 Å². The standard InChI is InChI=1S/C17H18N2O5S/c1-2-3-10-23-15-7-5-4-6-13(15)19-25(21,22)12-8-9-16-14(11-12)18-17(20)24-16/h4-9,11,19H,2-3,10H2,1H3,(H,18,20). The molecule has 3 aromatic rings. The molecule has 3 rings (SSSR count). The van der Waals surface area contributed by atoms with Crippen LogP contribution in [0.3, 0.4) is 0 Å². The van der Waals surface area contributed by atoms with E-state index in [2.05, 4.69) is 9.71 Å². The molecule has 0 atom stereocenters. The monoisotopic (exact) mass is 362 g/mol. The maximum atomic E-state index is 12.6. The molecule has 25 heavy (non-hydrogen) atoms. The van der Waals surface area contributed by atoms with Crippen LogP contribution in [0.4, 0.5) is 5.69 Å². The minimum Gasteiger partial charge on any atom is -0.491 e. The van der Waals surface area contributed by atoms with Gasteiger partial charge in [-0.2, -0.15) is 0 Å². The lowest BCUT2D eigenvalue weighted by molar-refractivity contribution is 0.311. The summed E-state index contributed by atoms with van der Waals surface area (Å²) in [5, 5.41) is 0. The first-order valence-corrected chi connectivity index (χ1v) is 9.35. The molecule has 8 heteroatoms. The van der Waals surface area contributed by atoms with Crippen molar-refractivity contribution >= 4 is 26.8 Å². The zero-order valence-electron chi connectivity index (χ0n) is 13.6. The molecular weight excluding hydrogens is 344 g/mol. The molecule has 0 unspecified atom stereocenters. The summed E-state index contributed by atoms with van der Waals surface area (Å²) in [7, 11) is -3.84. The van der Waals surface area contributed by atoms with Crippen molar-refractivity contribution in [2.24, 2.45) is 0 Å². The summed E-state index contributed by atoms with van der Waals surface area (Å²) in [5.74, 6) is -0.163. The lowest BCUT2D eigenvalue weighted by Crippen LogP contribution is -2.14. The normalized spacial score (nSPS) is 11.6. The summed E-state index contributed by atoms with van der Waals surface area (Å²) in [6.07, 6.45) is 1.86. The Morgan fingerprint density at radius 1 is 1.20 bits per heavy atom. The van der Waals surface area contributed by atoms with Gasteiger partial charge >= 0.3 is 5.76 Å². The number of benzene rings is 2. The van der Waals surface area contributed by atoms with Crippen LogP contribution >= 0.6 is 0 Å². The zero-order chi connectivity index (χ0) is 17.9. The van der Waals surface area contributed by atoms with Crippen molar-refractivity contribution in [2.75, 3.05) is 11.3 Å². The van der Waals surface area contributed by atoms with E-state index in [4.69, 9.17) is 9.15 Å². The molecule has 1 heterocycles. The Kier molecular flexibility index (Phi) is 4.80. The number of nitrogens with one attached hydrogen (secondary N) is 2. The Morgan fingerprint density at radius 2 is 2.00 bits per heavy atom. The number of oxazole rings is 1. The first-order chi connectivity index (χ1) is 12.0. The molecule has 0 bridgehead atoms. The molecule has 0 amide bonds. The lowest BCUT2D eigenvalue weighted by atomic mass is 10.3. The number of H-pyrrole nitrogens is 1. The first-order valence-electron chi connectivity index (χ1n) is 7.87. The lowest BCUT2D eigenvalue weighted by Gasteiger charge is -2.13. The average molecular weight is 362 g/mol. The van der Waals surface area contributed by atoms with Crippen LogP contribution in [-0.4, -0.2) is 20.0 Å². The summed E-state index contributed by atoms with van der Waals surface area (Å²) >= 11 is 0. The number of hydrogen-bond donors (Lipinski definition) is 2. The minimum atomic E-state index is -3.84. The van der Waals surface area contributed by atoms with Crippen molar-refractivity contribution in [3.8, 4) is 5.75 Å². The Hall–Kier alpha value is -2.74. The second-order valence-corrected chi connectivity index (χ2v) is 7.16. The van der Waals surface area contributed by atoms with Gasteiger partial charge in [0.15, 0.2) is 5.58 Å². The SMILES string of the molecule is CCCCOc1ccccc1NS(=O)(=O)c1ccc2oc(=O)[nH]c2c1. The van der Waals surface area contributed by atoms with E-state index in [1.54, 1.807) is 24.3 Å². The van der Waals surface area contributed by atoms with Gasteiger partial charge < -0.3 is 9.15 Å². The predicted molar refractivity (Wildman–Crippen MR) is 94.5 cm³/mol. The predicted octanol–water partition coefficient (Wildman–Crippen LogP) is 3.10. The smallest absolute Gasteiger partial charge is 0.417 e. The third-order valence-electron chi connectivity index (χ3n) is 3.59. The van der Waals surface area contributed by atoms with Gasteiger partial charge in [0.1, 0.15) is 5.75 Å². The summed E-state index contributed by atoms with van der Waals surface area (Å²) in [6, 6.07) is 11.0. The van der Waals surface area contributed by atoms with Crippen LogP contribution < -0.4 is 15.2 Å². The molecule has 7 nitrogen and oxygen atoms in total. The number of aromatic nitrogens is 1. The number of aromatic amines is 1. The van der Waals surface area contributed by atoms with E-state index >= 15 is 0 Å². The summed E-state index contributed by atoms with van der Waals surface area (Å²) < 4.78 is 38.3. The zero-order valence-corrected chi connectivity index (χ0v) is 14.4. The van der Waals surface area contributed by atoms with Crippen molar-refractivity contribution in [1.29, 1.82) is 0 Å². The number of rotatable bonds is 7. The molecule has 0 saturated carbocycles. The highest BCUT2D eigenvalue weighted by molar-refractivity contribution is 7.92. The number of anilines is 1. The fraction of sp³-hybridized carbons (Fsp3) is 0.235.